The lowest BCUT2D eigenvalue weighted by molar-refractivity contribution is -0.116. The number of halogens is 2. The van der Waals surface area contributed by atoms with E-state index in [0.29, 0.717) is 34.4 Å². The van der Waals surface area contributed by atoms with Gasteiger partial charge in [0.05, 0.1) is 0 Å². The van der Waals surface area contributed by atoms with E-state index in [1.54, 1.807) is 37.3 Å². The lowest BCUT2D eigenvalue weighted by Crippen LogP contribution is -2.36. The fourth-order valence-electron chi connectivity index (χ4n) is 2.35. The van der Waals surface area contributed by atoms with Gasteiger partial charge in [0.25, 0.3) is 5.91 Å². The molecule has 0 unspecified atom stereocenters. The van der Waals surface area contributed by atoms with Crippen molar-refractivity contribution in [1.82, 2.24) is 10.6 Å². The molecule has 2 rings (SSSR count). The van der Waals surface area contributed by atoms with E-state index in [1.807, 2.05) is 18.2 Å². The summed E-state index contributed by atoms with van der Waals surface area (Å²) in [6, 6.07) is 14.8. The highest BCUT2D eigenvalue weighted by Crippen LogP contribution is 2.15. The van der Waals surface area contributed by atoms with Crippen molar-refractivity contribution in [2.75, 3.05) is 5.32 Å². The van der Waals surface area contributed by atoms with Gasteiger partial charge >= 0.3 is 6.03 Å². The highest BCUT2D eigenvalue weighted by atomic mass is 35.5. The number of benzene rings is 2. The van der Waals surface area contributed by atoms with Crippen LogP contribution in [-0.4, -0.2) is 11.9 Å². The van der Waals surface area contributed by atoms with Crippen LogP contribution in [0.2, 0.25) is 10.0 Å². The molecule has 28 heavy (non-hydrogen) atoms. The van der Waals surface area contributed by atoms with E-state index in [2.05, 4.69) is 16.0 Å². The summed E-state index contributed by atoms with van der Waals surface area (Å²) >= 11 is 11.7. The lowest BCUT2D eigenvalue weighted by Gasteiger charge is -2.12. The molecule has 0 spiro atoms. The molecule has 6 nitrogen and oxygen atoms in total. The quantitative estimate of drug-likeness (QED) is 0.472. The van der Waals surface area contributed by atoms with E-state index < -0.39 is 11.9 Å². The zero-order chi connectivity index (χ0) is 20.5. The van der Waals surface area contributed by atoms with Crippen molar-refractivity contribution in [1.29, 1.82) is 5.26 Å². The normalized spacial score (nSPS) is 11.1. The third kappa shape index (κ3) is 6.31. The van der Waals surface area contributed by atoms with E-state index >= 15 is 0 Å². The number of rotatable bonds is 6. The third-order valence-electron chi connectivity index (χ3n) is 3.72. The topological polar surface area (TPSA) is 94.0 Å². The van der Waals surface area contributed by atoms with Gasteiger partial charge in [-0.2, -0.15) is 5.26 Å². The van der Waals surface area contributed by atoms with Crippen LogP contribution in [0.1, 0.15) is 18.9 Å². The molecule has 0 atom stereocenters. The van der Waals surface area contributed by atoms with Crippen LogP contribution in [0.4, 0.5) is 10.5 Å². The third-order valence-corrected chi connectivity index (χ3v) is 4.21. The molecular weight excluding hydrogens is 399 g/mol. The summed E-state index contributed by atoms with van der Waals surface area (Å²) in [5.41, 5.74) is 1.65. The Labute approximate surface area is 173 Å². The Morgan fingerprint density at radius 3 is 2.39 bits per heavy atom. The number of carbonyl (C=O) groups excluding carboxylic acids is 2. The minimum absolute atomic E-state index is 0.155. The summed E-state index contributed by atoms with van der Waals surface area (Å²) in [4.78, 5) is 24.4. The molecule has 0 aromatic heterocycles. The van der Waals surface area contributed by atoms with Crippen LogP contribution in [0.15, 0.2) is 59.8 Å². The average Bonchev–Trinajstić information content (AvgIpc) is 2.66. The highest BCUT2D eigenvalue weighted by Gasteiger charge is 2.17. The molecule has 0 radical (unpaired) electrons. The molecule has 0 aliphatic rings. The molecular formula is C20H18Cl2N4O2. The van der Waals surface area contributed by atoms with Crippen LogP contribution in [0.5, 0.6) is 0 Å². The number of hydrogen-bond acceptors (Lipinski definition) is 4. The highest BCUT2D eigenvalue weighted by molar-refractivity contribution is 6.31. The van der Waals surface area contributed by atoms with Crippen molar-refractivity contribution in [2.45, 2.75) is 19.9 Å². The summed E-state index contributed by atoms with van der Waals surface area (Å²) in [6.45, 7) is 2.22. The van der Waals surface area contributed by atoms with E-state index in [-0.39, 0.29) is 5.57 Å². The smallest absolute Gasteiger partial charge is 0.326 e. The van der Waals surface area contributed by atoms with Gasteiger partial charge in [0.2, 0.25) is 0 Å². The molecule has 144 valence electrons. The molecule has 3 N–H and O–H groups in total. The predicted molar refractivity (Wildman–Crippen MR) is 110 cm³/mol. The molecule has 3 amide bonds. The van der Waals surface area contributed by atoms with Crippen molar-refractivity contribution in [3.63, 3.8) is 0 Å². The van der Waals surface area contributed by atoms with E-state index in [0.717, 1.165) is 5.56 Å². The maximum absolute atomic E-state index is 12.4. The first-order valence-electron chi connectivity index (χ1n) is 8.42. The van der Waals surface area contributed by atoms with Crippen LogP contribution in [0.3, 0.4) is 0 Å². The van der Waals surface area contributed by atoms with Gasteiger partial charge in [-0.15, -0.1) is 0 Å². The van der Waals surface area contributed by atoms with Crippen LogP contribution in [-0.2, 0) is 11.3 Å². The molecule has 0 aliphatic carbocycles. The molecule has 2 aromatic rings. The summed E-state index contributed by atoms with van der Waals surface area (Å²) in [5.74, 6) is -0.789. The van der Waals surface area contributed by atoms with Gasteiger partial charge in [-0.05, 0) is 42.3 Å². The molecule has 0 bridgehead atoms. The minimum Gasteiger partial charge on any atom is -0.383 e. The Kier molecular flexibility index (Phi) is 7.88. The van der Waals surface area contributed by atoms with Crippen molar-refractivity contribution in [3.05, 3.63) is 75.4 Å². The maximum atomic E-state index is 12.4. The van der Waals surface area contributed by atoms with Crippen molar-refractivity contribution in [2.24, 2.45) is 0 Å². The van der Waals surface area contributed by atoms with Crippen molar-refractivity contribution >= 4 is 40.8 Å². The van der Waals surface area contributed by atoms with Gasteiger partial charge in [0, 0.05) is 28.0 Å². The summed E-state index contributed by atoms with van der Waals surface area (Å²) in [5, 5.41) is 18.2. The van der Waals surface area contributed by atoms with Crippen molar-refractivity contribution in [3.8, 4) is 6.07 Å². The maximum Gasteiger partial charge on any atom is 0.326 e. The number of carbonyl (C=O) groups is 2. The molecule has 0 saturated heterocycles. The number of nitrogens with zero attached hydrogens (tertiary/aromatic N) is 1. The number of nitriles is 1. The van der Waals surface area contributed by atoms with Crippen LogP contribution >= 0.6 is 23.2 Å². The van der Waals surface area contributed by atoms with Gasteiger partial charge in [-0.1, -0.05) is 48.3 Å². The number of urea groups is 1. The zero-order valence-corrected chi connectivity index (χ0v) is 16.6. The first-order chi connectivity index (χ1) is 13.4. The van der Waals surface area contributed by atoms with E-state index in [9.17, 15) is 14.9 Å². The van der Waals surface area contributed by atoms with Crippen LogP contribution < -0.4 is 16.0 Å². The Morgan fingerprint density at radius 2 is 1.79 bits per heavy atom. The predicted octanol–water partition coefficient (Wildman–Crippen LogP) is 4.62. The number of imide groups is 1. The SMILES string of the molecule is CC/C(NCc1ccc(Cl)cc1)=C(\C#N)C(=O)NC(=O)Nc1cccc(Cl)c1. The fraction of sp³-hybridized carbons (Fsp3) is 0.150. The minimum atomic E-state index is -0.789. The number of nitrogens with one attached hydrogen (secondary N) is 3. The van der Waals surface area contributed by atoms with Gasteiger partial charge in [-0.25, -0.2) is 4.79 Å². The van der Waals surface area contributed by atoms with Gasteiger partial charge in [0.1, 0.15) is 11.6 Å². The Morgan fingerprint density at radius 1 is 1.07 bits per heavy atom. The van der Waals surface area contributed by atoms with Crippen molar-refractivity contribution < 1.29 is 9.59 Å². The molecule has 0 saturated carbocycles. The van der Waals surface area contributed by atoms with E-state index in [4.69, 9.17) is 23.2 Å². The molecule has 0 aliphatic heterocycles. The van der Waals surface area contributed by atoms with Gasteiger partial charge in [0.15, 0.2) is 0 Å². The lowest BCUT2D eigenvalue weighted by atomic mass is 10.1. The first-order valence-corrected chi connectivity index (χ1v) is 9.18. The second-order valence-electron chi connectivity index (χ2n) is 5.72. The standard InChI is InChI=1S/C20H18Cl2N4O2/c1-2-18(24-12-13-6-8-14(21)9-7-13)17(11-23)19(27)26-20(28)25-16-5-3-4-15(22)10-16/h3-10,24H,2,12H2,1H3,(H2,25,26,27,28)/b18-17-. The fourth-order valence-corrected chi connectivity index (χ4v) is 2.67. The number of hydrogen-bond donors (Lipinski definition) is 3. The molecule has 0 fully saturated rings. The van der Waals surface area contributed by atoms with E-state index in [1.165, 1.54) is 6.07 Å². The van der Waals surface area contributed by atoms with Gasteiger partial charge < -0.3 is 10.6 Å². The Bertz CT molecular complexity index is 934. The van der Waals surface area contributed by atoms with Gasteiger partial charge in [-0.3, -0.25) is 10.1 Å². The monoisotopic (exact) mass is 416 g/mol. The number of amides is 3. The molecule has 0 heterocycles. The number of anilines is 1. The zero-order valence-electron chi connectivity index (χ0n) is 15.1. The van der Waals surface area contributed by atoms with Crippen LogP contribution in [0.25, 0.3) is 0 Å². The average molecular weight is 417 g/mol. The summed E-state index contributed by atoms with van der Waals surface area (Å²) in [7, 11) is 0. The van der Waals surface area contributed by atoms with Crippen LogP contribution in [0, 0.1) is 11.3 Å². The second kappa shape index (κ2) is 10.4. The molecule has 2 aromatic carbocycles. The largest absolute Gasteiger partial charge is 0.383 e. The Hall–Kier alpha value is -3.01. The molecule has 8 heteroatoms. The Balaban J connectivity index is 2.04. The summed E-state index contributed by atoms with van der Waals surface area (Å²) < 4.78 is 0. The summed E-state index contributed by atoms with van der Waals surface area (Å²) in [6.07, 6.45) is 0.416. The first kappa shape index (κ1) is 21.3. The number of allylic oxidation sites excluding steroid dienone is 1. The second-order valence-corrected chi connectivity index (χ2v) is 6.59.